The molecule has 0 radical (unpaired) electrons. The topological polar surface area (TPSA) is 70.9 Å². The number of anilines is 1. The van der Waals surface area contributed by atoms with Gasteiger partial charge in [-0.25, -0.2) is 0 Å². The Labute approximate surface area is 179 Å². The molecule has 4 rings (SSSR count). The van der Waals surface area contributed by atoms with Crippen LogP contribution >= 0.6 is 15.9 Å². The van der Waals surface area contributed by atoms with Crippen LogP contribution in [0.3, 0.4) is 0 Å². The molecular weight excluding hydrogens is 430 g/mol. The molecule has 1 N–H and O–H groups in total. The molecule has 2 fully saturated rings. The highest BCUT2D eigenvalue weighted by atomic mass is 79.9. The van der Waals surface area contributed by atoms with E-state index < -0.39 is 21.1 Å². The second-order valence-corrected chi connectivity index (χ2v) is 9.61. The number of halogens is 1. The van der Waals surface area contributed by atoms with Crippen molar-refractivity contribution in [3.8, 4) is 0 Å². The number of rotatable bonds is 4. The molecule has 0 spiro atoms. The molecule has 0 aliphatic heterocycles. The lowest BCUT2D eigenvalue weighted by molar-refractivity contribution is -0.130. The predicted octanol–water partition coefficient (Wildman–Crippen LogP) is 6.20. The molecule has 0 aromatic heterocycles. The molecule has 2 saturated carbocycles. The van der Waals surface area contributed by atoms with Gasteiger partial charge in [0.05, 0.1) is 21.6 Å². The molecule has 150 valence electrons. The first-order valence-corrected chi connectivity index (χ1v) is 10.7. The highest BCUT2D eigenvalue weighted by Gasteiger charge is 2.76. The Balaban J connectivity index is 1.52. The van der Waals surface area contributed by atoms with Crippen molar-refractivity contribution >= 4 is 44.7 Å². The second kappa shape index (κ2) is 6.87. The molecule has 2 bridgehead atoms. The van der Waals surface area contributed by atoms with E-state index in [0.29, 0.717) is 17.8 Å². The van der Waals surface area contributed by atoms with E-state index in [-0.39, 0.29) is 11.7 Å². The SMILES string of the molecule is CC1(C)C2(C(=O)Nc3ccc(N=Nc4ccccc4)cc3)CC[C@@]1(C)C(=O)C2Br. The van der Waals surface area contributed by atoms with Crippen LogP contribution in [0.2, 0.25) is 0 Å². The Morgan fingerprint density at radius 2 is 1.55 bits per heavy atom. The molecule has 2 unspecified atom stereocenters. The van der Waals surface area contributed by atoms with Crippen molar-refractivity contribution in [1.82, 2.24) is 0 Å². The largest absolute Gasteiger partial charge is 0.326 e. The summed E-state index contributed by atoms with van der Waals surface area (Å²) in [4.78, 5) is 25.8. The Morgan fingerprint density at radius 3 is 2.10 bits per heavy atom. The molecular formula is C23H24BrN3O2. The van der Waals surface area contributed by atoms with Crippen molar-refractivity contribution < 1.29 is 9.59 Å². The molecule has 6 heteroatoms. The van der Waals surface area contributed by atoms with Crippen LogP contribution in [0.4, 0.5) is 17.1 Å². The Kier molecular flexibility index (Phi) is 4.73. The molecule has 2 aromatic rings. The van der Waals surface area contributed by atoms with Crippen molar-refractivity contribution in [2.45, 2.75) is 38.4 Å². The van der Waals surface area contributed by atoms with Crippen LogP contribution < -0.4 is 5.32 Å². The third-order valence-electron chi connectivity index (χ3n) is 7.29. The maximum Gasteiger partial charge on any atom is 0.232 e. The van der Waals surface area contributed by atoms with E-state index in [2.05, 4.69) is 31.5 Å². The fourth-order valence-electron chi connectivity index (χ4n) is 4.92. The zero-order valence-electron chi connectivity index (χ0n) is 16.8. The minimum atomic E-state index is -0.746. The third-order valence-corrected chi connectivity index (χ3v) is 8.49. The van der Waals surface area contributed by atoms with Gasteiger partial charge in [-0.3, -0.25) is 9.59 Å². The summed E-state index contributed by atoms with van der Waals surface area (Å²) < 4.78 is 0. The summed E-state index contributed by atoms with van der Waals surface area (Å²) in [6, 6.07) is 16.8. The van der Waals surface area contributed by atoms with Crippen molar-refractivity contribution in [2.75, 3.05) is 5.32 Å². The molecule has 29 heavy (non-hydrogen) atoms. The van der Waals surface area contributed by atoms with Gasteiger partial charge in [-0.05, 0) is 54.7 Å². The summed E-state index contributed by atoms with van der Waals surface area (Å²) in [7, 11) is 0. The smallest absolute Gasteiger partial charge is 0.232 e. The van der Waals surface area contributed by atoms with Gasteiger partial charge in [0, 0.05) is 11.1 Å². The lowest BCUT2D eigenvalue weighted by Gasteiger charge is -2.39. The van der Waals surface area contributed by atoms with Crippen molar-refractivity contribution in [3.63, 3.8) is 0 Å². The number of hydrogen-bond donors (Lipinski definition) is 1. The van der Waals surface area contributed by atoms with Crippen LogP contribution in [0.5, 0.6) is 0 Å². The molecule has 5 nitrogen and oxygen atoms in total. The number of ketones is 1. The zero-order valence-corrected chi connectivity index (χ0v) is 18.4. The average Bonchev–Trinajstić information content (AvgIpc) is 2.99. The van der Waals surface area contributed by atoms with Crippen molar-refractivity contribution in [2.24, 2.45) is 26.5 Å². The van der Waals surface area contributed by atoms with Gasteiger partial charge in [0.1, 0.15) is 0 Å². The molecule has 2 aliphatic rings. The minimum absolute atomic E-state index is 0.0994. The lowest BCUT2D eigenvalue weighted by Crippen LogP contribution is -2.47. The molecule has 2 aromatic carbocycles. The average molecular weight is 454 g/mol. The van der Waals surface area contributed by atoms with Gasteiger partial charge in [-0.2, -0.15) is 10.2 Å². The maximum atomic E-state index is 13.4. The van der Waals surface area contributed by atoms with Gasteiger partial charge in [-0.1, -0.05) is 54.9 Å². The van der Waals surface area contributed by atoms with E-state index in [1.165, 1.54) is 0 Å². The number of alkyl halides is 1. The van der Waals surface area contributed by atoms with Gasteiger partial charge in [0.2, 0.25) is 5.91 Å². The molecule has 1 amide bonds. The first-order chi connectivity index (χ1) is 13.7. The van der Waals surface area contributed by atoms with E-state index in [9.17, 15) is 9.59 Å². The summed E-state index contributed by atoms with van der Waals surface area (Å²) in [5.41, 5.74) is 0.536. The fraction of sp³-hybridized carbons (Fsp3) is 0.391. The zero-order chi connectivity index (χ0) is 20.9. The highest BCUT2D eigenvalue weighted by molar-refractivity contribution is 9.10. The fourth-order valence-corrected chi connectivity index (χ4v) is 6.43. The molecule has 3 atom stereocenters. The predicted molar refractivity (Wildman–Crippen MR) is 117 cm³/mol. The van der Waals surface area contributed by atoms with Crippen LogP contribution in [0.1, 0.15) is 33.6 Å². The molecule has 0 saturated heterocycles. The highest BCUT2D eigenvalue weighted by Crippen LogP contribution is 2.72. The molecule has 0 heterocycles. The first-order valence-electron chi connectivity index (χ1n) is 9.79. The summed E-state index contributed by atoms with van der Waals surface area (Å²) in [6.45, 7) is 6.09. The number of carbonyl (C=O) groups is 2. The summed E-state index contributed by atoms with van der Waals surface area (Å²) in [6.07, 6.45) is 1.44. The van der Waals surface area contributed by atoms with Gasteiger partial charge in [-0.15, -0.1) is 0 Å². The van der Waals surface area contributed by atoms with Crippen LogP contribution in [0, 0.1) is 16.2 Å². The number of nitrogens with zero attached hydrogens (tertiary/aromatic N) is 2. The minimum Gasteiger partial charge on any atom is -0.326 e. The number of hydrogen-bond acceptors (Lipinski definition) is 4. The number of fused-ring (bicyclic) bond motifs is 2. The quantitative estimate of drug-likeness (QED) is 0.442. The van der Waals surface area contributed by atoms with Crippen LogP contribution in [0.25, 0.3) is 0 Å². The van der Waals surface area contributed by atoms with Gasteiger partial charge in [0.15, 0.2) is 5.78 Å². The Bertz CT molecular complexity index is 987. The second-order valence-electron chi connectivity index (χ2n) is 8.69. The van der Waals surface area contributed by atoms with E-state index in [4.69, 9.17) is 0 Å². The van der Waals surface area contributed by atoms with Gasteiger partial charge >= 0.3 is 0 Å². The van der Waals surface area contributed by atoms with E-state index in [1.807, 2.05) is 75.4 Å². The van der Waals surface area contributed by atoms with Crippen LogP contribution in [0.15, 0.2) is 64.8 Å². The third kappa shape index (κ3) is 2.80. The number of amides is 1. The number of nitrogens with one attached hydrogen (secondary N) is 1. The Morgan fingerprint density at radius 1 is 0.966 bits per heavy atom. The van der Waals surface area contributed by atoms with Crippen LogP contribution in [-0.4, -0.2) is 16.5 Å². The van der Waals surface area contributed by atoms with Gasteiger partial charge in [0.25, 0.3) is 0 Å². The lowest BCUT2D eigenvalue weighted by atomic mass is 9.64. The number of azo groups is 1. The van der Waals surface area contributed by atoms with E-state index in [0.717, 1.165) is 12.1 Å². The summed E-state index contributed by atoms with van der Waals surface area (Å²) in [5, 5.41) is 11.5. The summed E-state index contributed by atoms with van der Waals surface area (Å²) in [5.74, 6) is 0.0400. The first kappa shape index (κ1) is 20.0. The standard InChI is InChI=1S/C23H24BrN3O2/c1-21(2)22(3)13-14-23(21,18(24)19(22)28)20(29)25-15-9-11-17(12-10-15)27-26-16-7-5-4-6-8-16/h4-12,18H,13-14H2,1-3H3,(H,25,29)/t18?,22-,23?/m0/s1. The van der Waals surface area contributed by atoms with E-state index in [1.54, 1.807) is 0 Å². The van der Waals surface area contributed by atoms with Gasteiger partial charge < -0.3 is 5.32 Å². The monoisotopic (exact) mass is 453 g/mol. The summed E-state index contributed by atoms with van der Waals surface area (Å²) >= 11 is 3.56. The van der Waals surface area contributed by atoms with Crippen molar-refractivity contribution in [3.05, 3.63) is 54.6 Å². The number of benzene rings is 2. The number of carbonyl (C=O) groups excluding carboxylic acids is 2. The van der Waals surface area contributed by atoms with E-state index >= 15 is 0 Å². The van der Waals surface area contributed by atoms with Crippen LogP contribution in [-0.2, 0) is 9.59 Å². The number of Topliss-reactive ketones (excluding diaryl/α,β-unsaturated/α-hetero) is 1. The normalized spacial score (nSPS) is 30.1. The Hall–Kier alpha value is -2.34. The molecule has 2 aliphatic carbocycles. The maximum absolute atomic E-state index is 13.4. The van der Waals surface area contributed by atoms with Crippen molar-refractivity contribution in [1.29, 1.82) is 0 Å².